The van der Waals surface area contributed by atoms with Gasteiger partial charge in [-0.1, -0.05) is 170 Å². The molecule has 1 spiro atoms. The molecule has 0 aromatic heterocycles. The van der Waals surface area contributed by atoms with E-state index >= 15 is 0 Å². The first kappa shape index (κ1) is 30.6. The first-order valence-corrected chi connectivity index (χ1v) is 18.8. The molecule has 0 amide bonds. The Bertz CT molecular complexity index is 2890. The van der Waals surface area contributed by atoms with Crippen LogP contribution in [0.2, 0.25) is 0 Å². The number of benzene rings is 9. The number of rotatable bonds is 4. The van der Waals surface area contributed by atoms with Crippen LogP contribution in [0.5, 0.6) is 0 Å². The smallest absolute Gasteiger partial charge is 0.0725 e. The molecule has 9 aromatic rings. The Morgan fingerprint density at radius 3 is 1.46 bits per heavy atom. The highest BCUT2D eigenvalue weighted by Gasteiger charge is 2.50. The molecule has 54 heavy (non-hydrogen) atoms. The summed E-state index contributed by atoms with van der Waals surface area (Å²) in [6.07, 6.45) is 0. The van der Waals surface area contributed by atoms with E-state index in [1.165, 1.54) is 77.5 Å². The molecule has 1 unspecified atom stereocenters. The van der Waals surface area contributed by atoms with Gasteiger partial charge in [0, 0.05) is 16.9 Å². The molecule has 0 bridgehead atoms. The summed E-state index contributed by atoms with van der Waals surface area (Å²) in [5.74, 6) is 0. The summed E-state index contributed by atoms with van der Waals surface area (Å²) in [5.41, 5.74) is 18.1. The van der Waals surface area contributed by atoms with Crippen molar-refractivity contribution in [1.82, 2.24) is 0 Å². The second-order valence-corrected chi connectivity index (χ2v) is 14.4. The predicted molar refractivity (Wildman–Crippen MR) is 226 cm³/mol. The Labute approximate surface area is 316 Å². The Balaban J connectivity index is 1.26. The fourth-order valence-electron chi connectivity index (χ4n) is 9.44. The highest BCUT2D eigenvalue weighted by atomic mass is 15.1. The summed E-state index contributed by atoms with van der Waals surface area (Å²) >= 11 is 0. The third-order valence-electron chi connectivity index (χ3n) is 11.7. The van der Waals surface area contributed by atoms with Gasteiger partial charge in [0.1, 0.15) is 0 Å². The van der Waals surface area contributed by atoms with Crippen LogP contribution in [0.3, 0.4) is 0 Å². The normalized spacial score (nSPS) is 14.7. The molecule has 1 atom stereocenters. The van der Waals surface area contributed by atoms with Gasteiger partial charge < -0.3 is 4.90 Å². The Morgan fingerprint density at radius 2 is 0.759 bits per heavy atom. The molecule has 252 valence electrons. The van der Waals surface area contributed by atoms with Gasteiger partial charge in [0.15, 0.2) is 0 Å². The van der Waals surface area contributed by atoms with Crippen molar-refractivity contribution < 1.29 is 0 Å². The van der Waals surface area contributed by atoms with Gasteiger partial charge in [-0.2, -0.15) is 0 Å². The topological polar surface area (TPSA) is 3.24 Å². The number of para-hydroxylation sites is 2. The molecule has 0 aliphatic heterocycles. The van der Waals surface area contributed by atoms with Gasteiger partial charge in [-0.3, -0.25) is 0 Å². The monoisotopic (exact) mass is 685 g/mol. The molecule has 11 rings (SSSR count). The Kier molecular flexibility index (Phi) is 6.84. The first-order valence-electron chi connectivity index (χ1n) is 18.8. The van der Waals surface area contributed by atoms with Crippen molar-refractivity contribution >= 4 is 27.8 Å². The highest BCUT2D eigenvalue weighted by molar-refractivity contribution is 6.01. The van der Waals surface area contributed by atoms with Gasteiger partial charge >= 0.3 is 0 Å². The molecule has 0 fully saturated rings. The minimum atomic E-state index is -0.543. The SMILES string of the molecule is c1ccc(-c2ccccc2N(c2ccccc2)c2ccc3c(c2)-c2ccccc2-c2ccccc2C32c3ccccc3-c3cc4ccccc4cc32)cc1. The molecule has 9 aromatic carbocycles. The van der Waals surface area contributed by atoms with E-state index in [0.717, 1.165) is 17.1 Å². The quantitative estimate of drug-likeness (QED) is 0.178. The van der Waals surface area contributed by atoms with Crippen LogP contribution in [-0.4, -0.2) is 0 Å². The van der Waals surface area contributed by atoms with E-state index in [1.54, 1.807) is 0 Å². The minimum Gasteiger partial charge on any atom is -0.310 e. The Hall–Kier alpha value is -6.96. The van der Waals surface area contributed by atoms with E-state index in [9.17, 15) is 0 Å². The van der Waals surface area contributed by atoms with Crippen molar-refractivity contribution in [3.8, 4) is 44.5 Å². The third-order valence-corrected chi connectivity index (χ3v) is 11.7. The zero-order valence-electron chi connectivity index (χ0n) is 29.7. The number of fused-ring (bicyclic) bond motifs is 13. The van der Waals surface area contributed by atoms with Crippen molar-refractivity contribution in [3.63, 3.8) is 0 Å². The lowest BCUT2D eigenvalue weighted by molar-refractivity contribution is 0.776. The van der Waals surface area contributed by atoms with E-state index in [0.29, 0.717) is 0 Å². The summed E-state index contributed by atoms with van der Waals surface area (Å²) < 4.78 is 0. The van der Waals surface area contributed by atoms with Gasteiger partial charge in [-0.05, 0) is 114 Å². The lowest BCUT2D eigenvalue weighted by Gasteiger charge is -2.36. The van der Waals surface area contributed by atoms with Crippen LogP contribution in [0.1, 0.15) is 22.3 Å². The van der Waals surface area contributed by atoms with E-state index in [1.807, 2.05) is 0 Å². The molecule has 1 heteroatoms. The zero-order valence-corrected chi connectivity index (χ0v) is 29.7. The van der Waals surface area contributed by atoms with Crippen molar-refractivity contribution in [3.05, 3.63) is 235 Å². The second-order valence-electron chi connectivity index (χ2n) is 14.4. The summed E-state index contributed by atoms with van der Waals surface area (Å²) in [6.45, 7) is 0. The largest absolute Gasteiger partial charge is 0.310 e. The number of nitrogens with zero attached hydrogens (tertiary/aromatic N) is 1. The maximum atomic E-state index is 2.47. The number of hydrogen-bond acceptors (Lipinski definition) is 1. The molecule has 0 saturated heterocycles. The number of hydrogen-bond donors (Lipinski definition) is 0. The number of anilines is 3. The molecule has 0 radical (unpaired) electrons. The standard InChI is InChI=1S/C53H35N/c1-3-17-36(18-4-1)41-23-13-16-30-52(41)54(39-21-5-2-6-22-39)40-31-32-50-47(35-40)43-25-10-9-24-42(43)44-26-11-14-28-48(44)53(50)49-29-15-12-27-45(49)46-33-37-19-7-8-20-38(37)34-51(46)53/h1-35H. The van der Waals surface area contributed by atoms with Crippen LogP contribution >= 0.6 is 0 Å². The third kappa shape index (κ3) is 4.39. The van der Waals surface area contributed by atoms with E-state index in [4.69, 9.17) is 0 Å². The lowest BCUT2D eigenvalue weighted by Crippen LogP contribution is -2.29. The van der Waals surface area contributed by atoms with Gasteiger partial charge in [0.05, 0.1) is 11.1 Å². The molecule has 2 aliphatic carbocycles. The summed E-state index contributed by atoms with van der Waals surface area (Å²) in [5, 5.41) is 2.52. The average molecular weight is 686 g/mol. The molecule has 1 nitrogen and oxygen atoms in total. The van der Waals surface area contributed by atoms with Crippen LogP contribution in [0.25, 0.3) is 55.3 Å². The van der Waals surface area contributed by atoms with Crippen LogP contribution in [0, 0.1) is 0 Å². The Morgan fingerprint density at radius 1 is 0.278 bits per heavy atom. The summed E-state index contributed by atoms with van der Waals surface area (Å²) in [7, 11) is 0. The minimum absolute atomic E-state index is 0.543. The van der Waals surface area contributed by atoms with Crippen LogP contribution in [-0.2, 0) is 5.41 Å². The van der Waals surface area contributed by atoms with Crippen molar-refractivity contribution in [2.45, 2.75) is 5.41 Å². The fourth-order valence-corrected chi connectivity index (χ4v) is 9.44. The highest BCUT2D eigenvalue weighted by Crippen LogP contribution is 2.62. The van der Waals surface area contributed by atoms with Gasteiger partial charge in [-0.25, -0.2) is 0 Å². The van der Waals surface area contributed by atoms with Gasteiger partial charge in [0.25, 0.3) is 0 Å². The lowest BCUT2D eigenvalue weighted by atomic mass is 9.65. The predicted octanol–water partition coefficient (Wildman–Crippen LogP) is 14.0. The molecule has 0 N–H and O–H groups in total. The second kappa shape index (κ2) is 12.0. The zero-order chi connectivity index (χ0) is 35.6. The molecular weight excluding hydrogens is 651 g/mol. The maximum Gasteiger partial charge on any atom is 0.0725 e. The molecule has 0 heterocycles. The summed E-state index contributed by atoms with van der Waals surface area (Å²) in [6, 6.07) is 78.5. The van der Waals surface area contributed by atoms with Crippen LogP contribution < -0.4 is 4.90 Å². The molecule has 2 aliphatic rings. The van der Waals surface area contributed by atoms with E-state index < -0.39 is 5.41 Å². The molecule has 0 saturated carbocycles. The van der Waals surface area contributed by atoms with Crippen molar-refractivity contribution in [2.24, 2.45) is 0 Å². The van der Waals surface area contributed by atoms with Crippen molar-refractivity contribution in [2.75, 3.05) is 4.90 Å². The molecular formula is C53H35N. The van der Waals surface area contributed by atoms with Gasteiger partial charge in [0.2, 0.25) is 0 Å². The maximum absolute atomic E-state index is 2.47. The van der Waals surface area contributed by atoms with E-state index in [-0.39, 0.29) is 0 Å². The average Bonchev–Trinajstić information content (AvgIpc) is 3.47. The van der Waals surface area contributed by atoms with Gasteiger partial charge in [-0.15, -0.1) is 0 Å². The van der Waals surface area contributed by atoms with Crippen LogP contribution in [0.4, 0.5) is 17.1 Å². The van der Waals surface area contributed by atoms with E-state index in [2.05, 4.69) is 217 Å². The summed E-state index contributed by atoms with van der Waals surface area (Å²) in [4.78, 5) is 2.43. The van der Waals surface area contributed by atoms with Crippen molar-refractivity contribution in [1.29, 1.82) is 0 Å². The van der Waals surface area contributed by atoms with Crippen LogP contribution in [0.15, 0.2) is 212 Å². The fraction of sp³-hybridized carbons (Fsp3) is 0.0189. The first-order chi connectivity index (χ1) is 26.8.